The van der Waals surface area contributed by atoms with Gasteiger partial charge in [0.05, 0.1) is 0 Å². The van der Waals surface area contributed by atoms with E-state index in [4.69, 9.17) is 77.9 Å². The molecule has 224 valence electrons. The fourth-order valence-corrected chi connectivity index (χ4v) is 9.11. The summed E-state index contributed by atoms with van der Waals surface area (Å²) in [5, 5.41) is 0. The van der Waals surface area contributed by atoms with Crippen LogP contribution in [0.2, 0.25) is 0 Å². The van der Waals surface area contributed by atoms with Gasteiger partial charge in [-0.3, -0.25) is 0 Å². The van der Waals surface area contributed by atoms with Crippen molar-refractivity contribution in [2.45, 2.75) is 26.7 Å². The Morgan fingerprint density at radius 3 is 1.10 bits per heavy atom. The van der Waals surface area contributed by atoms with Gasteiger partial charge >= 0.3 is 13.7 Å². The van der Waals surface area contributed by atoms with Gasteiger partial charge in [0.15, 0.2) is 0 Å². The molecule has 2 aromatic carbocycles. The zero-order valence-corrected chi connectivity index (χ0v) is 28.7. The molecule has 0 saturated heterocycles. The highest BCUT2D eigenvalue weighted by Gasteiger charge is 2.31. The first kappa shape index (κ1) is 36.1. The maximum atomic E-state index is 13.0. The third kappa shape index (κ3) is 10.6. The SMILES string of the molecule is CC/C(=C(/CC)c1ccc(O[P@](=O)(Cl)N(CCCl)CCCl)cc1)c1ccc(O[P@](=O)(Cl)N(CCCl)CCCl)cc1. The van der Waals surface area contributed by atoms with Crippen LogP contribution in [0, 0.1) is 0 Å². The zero-order valence-electron chi connectivity index (χ0n) is 22.4. The standard InChI is InChI=1S/C26H34Cl6N2O4P2/c1-3-25(21-5-9-23(10-6-21)37-39(31,35)33(17-13-27)18-14-28)26(4-2)22-7-11-24(12-8-22)38-40(32,36)34(19-15-29)20-16-30/h5-12H,3-4,13-20H2,1-2H3/b26-25+/t39-,40-/m1/s1. The number of hydrogen-bond donors (Lipinski definition) is 0. The molecule has 0 aromatic heterocycles. The number of halogens is 6. The van der Waals surface area contributed by atoms with Crippen molar-refractivity contribution in [2.75, 3.05) is 49.7 Å². The topological polar surface area (TPSA) is 59.1 Å². The van der Waals surface area contributed by atoms with Crippen LogP contribution in [-0.2, 0) is 9.13 Å². The maximum absolute atomic E-state index is 13.0. The third-order valence-corrected chi connectivity index (χ3v) is 11.4. The zero-order chi connectivity index (χ0) is 29.8. The minimum Gasteiger partial charge on any atom is -0.422 e. The van der Waals surface area contributed by atoms with Gasteiger partial charge in [-0.1, -0.05) is 38.1 Å². The lowest BCUT2D eigenvalue weighted by Crippen LogP contribution is -2.25. The molecule has 0 bridgehead atoms. The highest BCUT2D eigenvalue weighted by molar-refractivity contribution is 7.84. The molecule has 0 aliphatic carbocycles. The summed E-state index contributed by atoms with van der Waals surface area (Å²) in [7, 11) is 0. The van der Waals surface area contributed by atoms with E-state index in [-0.39, 0.29) is 23.5 Å². The van der Waals surface area contributed by atoms with E-state index in [2.05, 4.69) is 13.8 Å². The van der Waals surface area contributed by atoms with Crippen LogP contribution in [-0.4, -0.2) is 59.0 Å². The van der Waals surface area contributed by atoms with Crippen LogP contribution in [0.4, 0.5) is 0 Å². The highest BCUT2D eigenvalue weighted by Crippen LogP contribution is 2.56. The summed E-state index contributed by atoms with van der Waals surface area (Å²) in [6.07, 6.45) is 1.55. The van der Waals surface area contributed by atoms with E-state index in [0.29, 0.717) is 37.7 Å². The minimum atomic E-state index is -3.64. The number of allylic oxidation sites excluding steroid dienone is 2. The lowest BCUT2D eigenvalue weighted by atomic mass is 9.91. The molecule has 0 fully saturated rings. The number of alkyl halides is 4. The number of nitrogens with zero attached hydrogens (tertiary/aromatic N) is 2. The Hall–Kier alpha value is -0.100. The number of benzene rings is 2. The average molecular weight is 713 g/mol. The summed E-state index contributed by atoms with van der Waals surface area (Å²) >= 11 is 35.8. The van der Waals surface area contributed by atoms with Crippen molar-refractivity contribution >= 4 is 93.8 Å². The van der Waals surface area contributed by atoms with Gasteiger partial charge in [0.25, 0.3) is 0 Å². The van der Waals surface area contributed by atoms with Gasteiger partial charge in [0.1, 0.15) is 11.5 Å². The molecule has 0 aliphatic heterocycles. The molecule has 6 nitrogen and oxygen atoms in total. The van der Waals surface area contributed by atoms with Crippen LogP contribution in [0.5, 0.6) is 11.5 Å². The van der Waals surface area contributed by atoms with E-state index in [0.717, 1.165) is 35.1 Å². The van der Waals surface area contributed by atoms with Gasteiger partial charge in [-0.2, -0.15) is 0 Å². The van der Waals surface area contributed by atoms with Crippen LogP contribution >= 0.6 is 82.6 Å². The van der Waals surface area contributed by atoms with Gasteiger partial charge in [-0.25, -0.2) is 18.5 Å². The molecule has 14 heteroatoms. The quantitative estimate of drug-likeness (QED) is 0.0871. The van der Waals surface area contributed by atoms with Gasteiger partial charge in [-0.15, -0.1) is 46.4 Å². The van der Waals surface area contributed by atoms with Crippen LogP contribution in [0.3, 0.4) is 0 Å². The fourth-order valence-electron chi connectivity index (χ4n) is 4.08. The highest BCUT2D eigenvalue weighted by atomic mass is 35.7. The summed E-state index contributed by atoms with van der Waals surface area (Å²) in [6, 6.07) is 14.6. The van der Waals surface area contributed by atoms with Crippen molar-refractivity contribution in [3.05, 3.63) is 59.7 Å². The Morgan fingerprint density at radius 1 is 0.600 bits per heavy atom. The Morgan fingerprint density at radius 2 is 0.875 bits per heavy atom. The van der Waals surface area contributed by atoms with E-state index < -0.39 is 13.7 Å². The van der Waals surface area contributed by atoms with E-state index in [1.165, 1.54) is 9.34 Å². The molecule has 0 heterocycles. The Labute approximate surface area is 267 Å². The molecule has 0 spiro atoms. The second kappa shape index (κ2) is 17.9. The van der Waals surface area contributed by atoms with E-state index in [1.54, 1.807) is 24.3 Å². The lowest BCUT2D eigenvalue weighted by Gasteiger charge is -2.25. The molecule has 2 rings (SSSR count). The van der Waals surface area contributed by atoms with Crippen molar-refractivity contribution < 1.29 is 18.2 Å². The predicted molar refractivity (Wildman–Crippen MR) is 174 cm³/mol. The summed E-state index contributed by atoms with van der Waals surface area (Å²) in [5.74, 6) is 1.76. The smallest absolute Gasteiger partial charge is 0.411 e. The van der Waals surface area contributed by atoms with E-state index in [9.17, 15) is 9.13 Å². The molecule has 2 aromatic rings. The average Bonchev–Trinajstić information content (AvgIpc) is 2.92. The predicted octanol–water partition coefficient (Wildman–Crippen LogP) is 10.4. The molecule has 0 amide bonds. The first-order chi connectivity index (χ1) is 19.1. The first-order valence-corrected chi connectivity index (χ1v) is 19.8. The molecular formula is C26H34Cl6N2O4P2. The summed E-state index contributed by atoms with van der Waals surface area (Å²) in [4.78, 5) is 0. The van der Waals surface area contributed by atoms with Crippen LogP contribution in [0.15, 0.2) is 48.5 Å². The van der Waals surface area contributed by atoms with Crippen LogP contribution in [0.25, 0.3) is 11.1 Å². The second-order valence-electron chi connectivity index (χ2n) is 8.46. The van der Waals surface area contributed by atoms with Gasteiger partial charge in [0.2, 0.25) is 0 Å². The first-order valence-electron chi connectivity index (χ1n) is 12.7. The molecule has 0 radical (unpaired) electrons. The van der Waals surface area contributed by atoms with Crippen molar-refractivity contribution in [1.82, 2.24) is 9.34 Å². The van der Waals surface area contributed by atoms with Crippen LogP contribution in [0.1, 0.15) is 37.8 Å². The molecule has 0 aliphatic rings. The van der Waals surface area contributed by atoms with E-state index >= 15 is 0 Å². The summed E-state index contributed by atoms with van der Waals surface area (Å²) < 4.78 is 40.2. The molecular weight excluding hydrogens is 679 g/mol. The molecule has 0 saturated carbocycles. The van der Waals surface area contributed by atoms with Crippen LogP contribution < -0.4 is 9.05 Å². The molecule has 2 atom stereocenters. The van der Waals surface area contributed by atoms with Gasteiger partial charge in [0, 0.05) is 72.2 Å². The Balaban J connectivity index is 2.28. The van der Waals surface area contributed by atoms with E-state index in [1.807, 2.05) is 24.3 Å². The van der Waals surface area contributed by atoms with Gasteiger partial charge < -0.3 is 9.05 Å². The lowest BCUT2D eigenvalue weighted by molar-refractivity contribution is 0.389. The Kier molecular flexibility index (Phi) is 16.1. The van der Waals surface area contributed by atoms with Gasteiger partial charge in [-0.05, 0) is 59.4 Å². The van der Waals surface area contributed by atoms with Crippen molar-refractivity contribution in [3.8, 4) is 11.5 Å². The molecule has 0 N–H and O–H groups in total. The number of rotatable bonds is 18. The third-order valence-electron chi connectivity index (χ3n) is 5.96. The van der Waals surface area contributed by atoms with Crippen molar-refractivity contribution in [2.24, 2.45) is 0 Å². The molecule has 0 unspecified atom stereocenters. The minimum absolute atomic E-state index is 0.249. The summed E-state index contributed by atoms with van der Waals surface area (Å²) in [5.41, 5.74) is 4.28. The Bertz CT molecular complexity index is 1080. The maximum Gasteiger partial charge on any atom is 0.411 e. The fraction of sp³-hybridized carbons (Fsp3) is 0.462. The monoisotopic (exact) mass is 710 g/mol. The van der Waals surface area contributed by atoms with Crippen molar-refractivity contribution in [3.63, 3.8) is 0 Å². The largest absolute Gasteiger partial charge is 0.422 e. The normalized spacial score (nSPS) is 15.4. The number of hydrogen-bond acceptors (Lipinski definition) is 4. The summed E-state index contributed by atoms with van der Waals surface area (Å²) in [6.45, 7) is -1.94. The van der Waals surface area contributed by atoms with Crippen molar-refractivity contribution in [1.29, 1.82) is 0 Å². The molecule has 40 heavy (non-hydrogen) atoms. The second-order valence-corrected chi connectivity index (χ2v) is 15.8.